The molecular formula is C20H20ClN3O3. The number of aromatic nitrogens is 1. The molecule has 0 aliphatic heterocycles. The second kappa shape index (κ2) is 7.82. The lowest BCUT2D eigenvalue weighted by Crippen LogP contribution is -2.37. The SMILES string of the molecule is Cc1c(Cl)cccc1NC(=O)C(=O)NCC(O)c1cn(C)c2ccccc12. The maximum Gasteiger partial charge on any atom is 0.313 e. The zero-order chi connectivity index (χ0) is 19.6. The van der Waals surface area contributed by atoms with E-state index in [0.717, 1.165) is 10.9 Å². The number of aliphatic hydroxyl groups excluding tert-OH is 1. The highest BCUT2D eigenvalue weighted by Gasteiger charge is 2.19. The molecule has 27 heavy (non-hydrogen) atoms. The first kappa shape index (κ1) is 18.9. The van der Waals surface area contributed by atoms with E-state index < -0.39 is 17.9 Å². The lowest BCUT2D eigenvalue weighted by molar-refractivity contribution is -0.136. The van der Waals surface area contributed by atoms with Crippen LogP contribution in [0.4, 0.5) is 5.69 Å². The van der Waals surface area contributed by atoms with Gasteiger partial charge in [0, 0.05) is 47.0 Å². The van der Waals surface area contributed by atoms with E-state index in [2.05, 4.69) is 10.6 Å². The number of fused-ring (bicyclic) bond motifs is 1. The fraction of sp³-hybridized carbons (Fsp3) is 0.200. The first-order chi connectivity index (χ1) is 12.9. The normalized spacial score (nSPS) is 12.0. The van der Waals surface area contributed by atoms with Crippen LogP contribution >= 0.6 is 11.6 Å². The summed E-state index contributed by atoms with van der Waals surface area (Å²) >= 11 is 6.01. The fourth-order valence-corrected chi connectivity index (χ4v) is 3.11. The number of hydrogen-bond acceptors (Lipinski definition) is 3. The van der Waals surface area contributed by atoms with Gasteiger partial charge in [0.15, 0.2) is 0 Å². The van der Waals surface area contributed by atoms with Gasteiger partial charge in [0.1, 0.15) is 0 Å². The molecule has 6 nitrogen and oxygen atoms in total. The number of benzene rings is 2. The van der Waals surface area contributed by atoms with Crippen molar-refractivity contribution in [1.82, 2.24) is 9.88 Å². The van der Waals surface area contributed by atoms with Gasteiger partial charge >= 0.3 is 11.8 Å². The van der Waals surface area contributed by atoms with Crippen molar-refractivity contribution in [3.8, 4) is 0 Å². The van der Waals surface area contributed by atoms with E-state index in [0.29, 0.717) is 21.8 Å². The Kier molecular flexibility index (Phi) is 5.48. The van der Waals surface area contributed by atoms with Crippen LogP contribution in [-0.4, -0.2) is 28.0 Å². The predicted molar refractivity (Wildman–Crippen MR) is 106 cm³/mol. The number of rotatable bonds is 4. The number of carbonyl (C=O) groups excluding carboxylic acids is 2. The molecule has 1 heterocycles. The molecular weight excluding hydrogens is 366 g/mol. The van der Waals surface area contributed by atoms with E-state index in [4.69, 9.17) is 11.6 Å². The smallest absolute Gasteiger partial charge is 0.313 e. The Morgan fingerprint density at radius 3 is 2.67 bits per heavy atom. The Balaban J connectivity index is 1.64. The molecule has 0 fully saturated rings. The van der Waals surface area contributed by atoms with Crippen LogP contribution in [0.1, 0.15) is 17.2 Å². The number of nitrogens with zero attached hydrogens (tertiary/aromatic N) is 1. The predicted octanol–water partition coefficient (Wildman–Crippen LogP) is 2.93. The molecule has 1 unspecified atom stereocenters. The van der Waals surface area contributed by atoms with Crippen LogP contribution in [0.2, 0.25) is 5.02 Å². The molecule has 1 atom stereocenters. The Labute approximate surface area is 161 Å². The summed E-state index contributed by atoms with van der Waals surface area (Å²) in [4.78, 5) is 24.2. The minimum atomic E-state index is -0.930. The molecule has 0 saturated carbocycles. The number of amides is 2. The van der Waals surface area contributed by atoms with Crippen molar-refractivity contribution in [2.45, 2.75) is 13.0 Å². The number of aryl methyl sites for hydroxylation is 1. The van der Waals surface area contributed by atoms with Crippen LogP contribution in [0.25, 0.3) is 10.9 Å². The second-order valence-electron chi connectivity index (χ2n) is 6.30. The van der Waals surface area contributed by atoms with E-state index in [1.54, 1.807) is 25.1 Å². The molecule has 140 valence electrons. The number of anilines is 1. The third-order valence-corrected chi connectivity index (χ3v) is 4.87. The van der Waals surface area contributed by atoms with Crippen molar-refractivity contribution in [3.05, 3.63) is 64.8 Å². The maximum absolute atomic E-state index is 12.1. The number of aliphatic hydroxyl groups is 1. The molecule has 0 aliphatic carbocycles. The average molecular weight is 386 g/mol. The second-order valence-corrected chi connectivity index (χ2v) is 6.71. The van der Waals surface area contributed by atoms with Gasteiger partial charge in [-0.15, -0.1) is 0 Å². The van der Waals surface area contributed by atoms with Gasteiger partial charge in [0.2, 0.25) is 0 Å². The van der Waals surface area contributed by atoms with Gasteiger partial charge in [0.05, 0.1) is 6.10 Å². The number of hydrogen-bond donors (Lipinski definition) is 3. The van der Waals surface area contributed by atoms with Crippen molar-refractivity contribution >= 4 is 40.0 Å². The monoisotopic (exact) mass is 385 g/mol. The molecule has 1 aromatic heterocycles. The summed E-state index contributed by atoms with van der Waals surface area (Å²) in [7, 11) is 1.89. The van der Waals surface area contributed by atoms with Gasteiger partial charge in [-0.25, -0.2) is 0 Å². The minimum Gasteiger partial charge on any atom is -0.386 e. The van der Waals surface area contributed by atoms with Crippen LogP contribution < -0.4 is 10.6 Å². The molecule has 2 amide bonds. The molecule has 2 aromatic carbocycles. The van der Waals surface area contributed by atoms with Gasteiger partial charge in [-0.3, -0.25) is 9.59 Å². The molecule has 3 N–H and O–H groups in total. The fourth-order valence-electron chi connectivity index (χ4n) is 2.94. The summed E-state index contributed by atoms with van der Waals surface area (Å²) < 4.78 is 1.91. The topological polar surface area (TPSA) is 83.4 Å². The molecule has 0 bridgehead atoms. The van der Waals surface area contributed by atoms with E-state index in [9.17, 15) is 14.7 Å². The first-order valence-corrected chi connectivity index (χ1v) is 8.82. The van der Waals surface area contributed by atoms with Crippen molar-refractivity contribution in [2.75, 3.05) is 11.9 Å². The van der Waals surface area contributed by atoms with Gasteiger partial charge < -0.3 is 20.3 Å². The van der Waals surface area contributed by atoms with Crippen LogP contribution in [-0.2, 0) is 16.6 Å². The Hall–Kier alpha value is -2.83. The Bertz CT molecular complexity index is 1010. The maximum atomic E-state index is 12.1. The molecule has 3 rings (SSSR count). The Morgan fingerprint density at radius 1 is 1.15 bits per heavy atom. The summed E-state index contributed by atoms with van der Waals surface area (Å²) in [5, 5.41) is 16.9. The van der Waals surface area contributed by atoms with Crippen LogP contribution in [0.5, 0.6) is 0 Å². The molecule has 0 saturated heterocycles. The van der Waals surface area contributed by atoms with Crippen molar-refractivity contribution in [1.29, 1.82) is 0 Å². The molecule has 3 aromatic rings. The van der Waals surface area contributed by atoms with Crippen molar-refractivity contribution < 1.29 is 14.7 Å². The summed E-state index contributed by atoms with van der Waals surface area (Å²) in [5.74, 6) is -1.64. The number of carbonyl (C=O) groups is 2. The highest BCUT2D eigenvalue weighted by Crippen LogP contribution is 2.25. The van der Waals surface area contributed by atoms with Gasteiger partial charge in [-0.2, -0.15) is 0 Å². The zero-order valence-corrected chi connectivity index (χ0v) is 15.7. The average Bonchev–Trinajstić information content (AvgIpc) is 3.00. The van der Waals surface area contributed by atoms with E-state index in [-0.39, 0.29) is 6.54 Å². The summed E-state index contributed by atoms with van der Waals surface area (Å²) in [5.41, 5.74) is 2.82. The van der Waals surface area contributed by atoms with Crippen LogP contribution in [0.3, 0.4) is 0 Å². The van der Waals surface area contributed by atoms with Gasteiger partial charge in [-0.1, -0.05) is 35.9 Å². The largest absolute Gasteiger partial charge is 0.386 e. The van der Waals surface area contributed by atoms with Gasteiger partial charge in [-0.05, 0) is 30.7 Å². The highest BCUT2D eigenvalue weighted by molar-refractivity contribution is 6.40. The minimum absolute atomic E-state index is 0.0746. The lowest BCUT2D eigenvalue weighted by atomic mass is 10.1. The first-order valence-electron chi connectivity index (χ1n) is 8.44. The van der Waals surface area contributed by atoms with Gasteiger partial charge in [0.25, 0.3) is 0 Å². The summed E-state index contributed by atoms with van der Waals surface area (Å²) in [6, 6.07) is 12.7. The zero-order valence-electron chi connectivity index (χ0n) is 15.0. The lowest BCUT2D eigenvalue weighted by Gasteiger charge is -2.12. The number of para-hydroxylation sites is 1. The summed E-state index contributed by atoms with van der Waals surface area (Å²) in [6.45, 7) is 1.68. The van der Waals surface area contributed by atoms with Crippen molar-refractivity contribution in [2.24, 2.45) is 7.05 Å². The van der Waals surface area contributed by atoms with Crippen LogP contribution in [0, 0.1) is 6.92 Å². The standard InChI is InChI=1S/C20H20ClN3O3/c1-12-15(21)7-5-8-16(12)23-20(27)19(26)22-10-18(25)14-11-24(2)17-9-4-3-6-13(14)17/h3-9,11,18,25H,10H2,1-2H3,(H,22,26)(H,23,27). The number of halogens is 1. The molecule has 0 radical (unpaired) electrons. The van der Waals surface area contributed by atoms with Crippen molar-refractivity contribution in [3.63, 3.8) is 0 Å². The van der Waals surface area contributed by atoms with E-state index >= 15 is 0 Å². The third-order valence-electron chi connectivity index (χ3n) is 4.46. The molecule has 0 aliphatic rings. The Morgan fingerprint density at radius 2 is 1.89 bits per heavy atom. The van der Waals surface area contributed by atoms with Crippen LogP contribution in [0.15, 0.2) is 48.7 Å². The summed E-state index contributed by atoms with van der Waals surface area (Å²) in [6.07, 6.45) is 0.887. The molecule has 0 spiro atoms. The highest BCUT2D eigenvalue weighted by atomic mass is 35.5. The van der Waals surface area contributed by atoms with E-state index in [1.807, 2.05) is 42.1 Å². The third kappa shape index (κ3) is 3.97. The molecule has 7 heteroatoms. The quantitative estimate of drug-likeness (QED) is 0.604. The number of nitrogens with one attached hydrogen (secondary N) is 2. The van der Waals surface area contributed by atoms with E-state index in [1.165, 1.54) is 0 Å².